The molecule has 7 nitrogen and oxygen atoms in total. The third kappa shape index (κ3) is 8.58. The second-order valence-corrected chi connectivity index (χ2v) is 12.5. The second kappa shape index (κ2) is 13.8. The Kier molecular flexibility index (Phi) is 10.8. The van der Waals surface area contributed by atoms with Crippen molar-refractivity contribution >= 4 is 27.5 Å². The number of anilines is 1. The van der Waals surface area contributed by atoms with Crippen molar-refractivity contribution in [3.05, 3.63) is 65.2 Å². The summed E-state index contributed by atoms with van der Waals surface area (Å²) < 4.78 is 26.4. The van der Waals surface area contributed by atoms with Gasteiger partial charge in [0.25, 0.3) is 0 Å². The number of nitrogens with one attached hydrogen (secondary N) is 1. The number of amides is 2. The van der Waals surface area contributed by atoms with E-state index < -0.39 is 16.1 Å². The van der Waals surface area contributed by atoms with Crippen LogP contribution >= 0.6 is 0 Å². The van der Waals surface area contributed by atoms with Gasteiger partial charge in [-0.3, -0.25) is 13.9 Å². The monoisotopic (exact) mass is 541 g/mol. The Labute approximate surface area is 228 Å². The maximum absolute atomic E-state index is 13.6. The minimum absolute atomic E-state index is 0.0997. The summed E-state index contributed by atoms with van der Waals surface area (Å²) in [7, 11) is -3.51. The molecule has 0 aromatic heterocycles. The maximum Gasteiger partial charge on any atom is 0.243 e. The van der Waals surface area contributed by atoms with Gasteiger partial charge in [0.2, 0.25) is 21.8 Å². The molecule has 1 aliphatic carbocycles. The average Bonchev–Trinajstić information content (AvgIpc) is 2.88. The van der Waals surface area contributed by atoms with Crippen molar-refractivity contribution in [1.29, 1.82) is 0 Å². The van der Waals surface area contributed by atoms with Crippen molar-refractivity contribution in [3.63, 3.8) is 0 Å². The van der Waals surface area contributed by atoms with Gasteiger partial charge in [0.15, 0.2) is 0 Å². The van der Waals surface area contributed by atoms with Crippen LogP contribution in [-0.2, 0) is 26.2 Å². The molecule has 0 bridgehead atoms. The van der Waals surface area contributed by atoms with Crippen molar-refractivity contribution in [2.45, 2.75) is 90.8 Å². The zero-order valence-corrected chi connectivity index (χ0v) is 24.1. The lowest BCUT2D eigenvalue weighted by molar-refractivity contribution is -0.141. The lowest BCUT2D eigenvalue weighted by atomic mass is 9.95. The maximum atomic E-state index is 13.6. The summed E-state index contributed by atoms with van der Waals surface area (Å²) in [6, 6.07) is 14.9. The molecule has 1 atom stereocenters. The quantitative estimate of drug-likeness (QED) is 0.405. The van der Waals surface area contributed by atoms with Crippen LogP contribution in [0.4, 0.5) is 5.69 Å². The Hall–Kier alpha value is -2.87. The van der Waals surface area contributed by atoms with E-state index in [0.717, 1.165) is 42.4 Å². The van der Waals surface area contributed by atoms with Crippen LogP contribution in [0, 0.1) is 13.8 Å². The third-order valence-corrected chi connectivity index (χ3v) is 8.48. The summed E-state index contributed by atoms with van der Waals surface area (Å²) >= 11 is 0. The van der Waals surface area contributed by atoms with Crippen molar-refractivity contribution in [3.8, 4) is 0 Å². The number of benzene rings is 2. The van der Waals surface area contributed by atoms with Gasteiger partial charge in [-0.2, -0.15) is 0 Å². The second-order valence-electron chi connectivity index (χ2n) is 10.5. The van der Waals surface area contributed by atoms with E-state index in [-0.39, 0.29) is 30.8 Å². The molecule has 0 saturated heterocycles. The van der Waals surface area contributed by atoms with Crippen molar-refractivity contribution in [1.82, 2.24) is 10.2 Å². The number of sulfonamides is 1. The molecule has 0 spiro atoms. The van der Waals surface area contributed by atoms with Gasteiger partial charge < -0.3 is 10.2 Å². The largest absolute Gasteiger partial charge is 0.352 e. The van der Waals surface area contributed by atoms with Crippen molar-refractivity contribution in [2.24, 2.45) is 0 Å². The first-order chi connectivity index (χ1) is 18.1. The predicted molar refractivity (Wildman–Crippen MR) is 153 cm³/mol. The van der Waals surface area contributed by atoms with Gasteiger partial charge in [-0.05, 0) is 57.2 Å². The van der Waals surface area contributed by atoms with Crippen LogP contribution < -0.4 is 9.62 Å². The molecule has 1 fully saturated rings. The molecule has 2 aromatic rings. The van der Waals surface area contributed by atoms with E-state index in [2.05, 4.69) is 5.32 Å². The molecule has 2 aromatic carbocycles. The van der Waals surface area contributed by atoms with Gasteiger partial charge in [-0.1, -0.05) is 73.7 Å². The number of hydrogen-bond acceptors (Lipinski definition) is 4. The number of hydrogen-bond donors (Lipinski definition) is 1. The predicted octanol–water partition coefficient (Wildman–Crippen LogP) is 5.11. The highest BCUT2D eigenvalue weighted by Gasteiger charge is 2.30. The van der Waals surface area contributed by atoms with Gasteiger partial charge in [0.05, 0.1) is 11.9 Å². The highest BCUT2D eigenvalue weighted by molar-refractivity contribution is 7.92. The molecule has 3 rings (SSSR count). The summed E-state index contributed by atoms with van der Waals surface area (Å²) in [5, 5.41) is 3.20. The summed E-state index contributed by atoms with van der Waals surface area (Å²) in [4.78, 5) is 28.6. The lowest BCUT2D eigenvalue weighted by Gasteiger charge is -2.33. The molecule has 1 aliphatic rings. The Morgan fingerprint density at radius 2 is 1.53 bits per heavy atom. The molecule has 8 heteroatoms. The smallest absolute Gasteiger partial charge is 0.243 e. The SMILES string of the molecule is CC[C@H](C(=O)NC1CCCCC1)N(Cc1ccc(C)cc1)C(=O)CCCN(c1ccc(C)cc1)S(C)(=O)=O. The zero-order chi connectivity index (χ0) is 27.7. The number of carbonyl (C=O) groups is 2. The van der Waals surface area contributed by atoms with E-state index in [0.29, 0.717) is 25.1 Å². The number of carbonyl (C=O) groups excluding carboxylic acids is 2. The first-order valence-corrected chi connectivity index (χ1v) is 15.6. The van der Waals surface area contributed by atoms with E-state index in [1.807, 2.05) is 57.2 Å². The Bertz CT molecular complexity index is 1160. The van der Waals surface area contributed by atoms with Crippen LogP contribution in [0.2, 0.25) is 0 Å². The van der Waals surface area contributed by atoms with Crippen LogP contribution in [0.1, 0.15) is 75.0 Å². The van der Waals surface area contributed by atoms with Gasteiger partial charge in [-0.15, -0.1) is 0 Å². The minimum atomic E-state index is -3.51. The summed E-state index contributed by atoms with van der Waals surface area (Å²) in [5.41, 5.74) is 3.72. The molecule has 0 heterocycles. The van der Waals surface area contributed by atoms with E-state index in [9.17, 15) is 18.0 Å². The van der Waals surface area contributed by atoms with Crippen LogP contribution in [0.3, 0.4) is 0 Å². The molecule has 38 heavy (non-hydrogen) atoms. The Balaban J connectivity index is 1.74. The Morgan fingerprint density at radius 1 is 0.947 bits per heavy atom. The summed E-state index contributed by atoms with van der Waals surface area (Å²) in [6.45, 7) is 6.43. The molecule has 0 aliphatic heterocycles. The number of nitrogens with zero attached hydrogens (tertiary/aromatic N) is 2. The molecule has 1 saturated carbocycles. The topological polar surface area (TPSA) is 86.8 Å². The van der Waals surface area contributed by atoms with Crippen LogP contribution in [0.5, 0.6) is 0 Å². The average molecular weight is 542 g/mol. The van der Waals surface area contributed by atoms with Crippen LogP contribution in [0.15, 0.2) is 48.5 Å². The molecule has 0 unspecified atom stereocenters. The highest BCUT2D eigenvalue weighted by atomic mass is 32.2. The fraction of sp³-hybridized carbons (Fsp3) is 0.533. The molecule has 0 radical (unpaired) electrons. The van der Waals surface area contributed by atoms with Crippen LogP contribution in [0.25, 0.3) is 0 Å². The fourth-order valence-corrected chi connectivity index (χ4v) is 6.03. The van der Waals surface area contributed by atoms with Gasteiger partial charge in [-0.25, -0.2) is 8.42 Å². The van der Waals surface area contributed by atoms with Gasteiger partial charge >= 0.3 is 0 Å². The summed E-state index contributed by atoms with van der Waals surface area (Å²) in [5.74, 6) is -0.245. The molecule has 2 amide bonds. The fourth-order valence-electron chi connectivity index (χ4n) is 5.07. The minimum Gasteiger partial charge on any atom is -0.352 e. The normalized spacial score (nSPS) is 15.1. The van der Waals surface area contributed by atoms with Crippen LogP contribution in [-0.4, -0.2) is 50.0 Å². The first kappa shape index (κ1) is 29.7. The van der Waals surface area contributed by atoms with E-state index >= 15 is 0 Å². The third-order valence-electron chi connectivity index (χ3n) is 7.29. The number of rotatable bonds is 12. The van der Waals surface area contributed by atoms with Gasteiger partial charge in [0.1, 0.15) is 6.04 Å². The summed E-state index contributed by atoms with van der Waals surface area (Å²) in [6.07, 6.45) is 7.59. The Morgan fingerprint density at radius 3 is 2.08 bits per heavy atom. The van der Waals surface area contributed by atoms with Crippen molar-refractivity contribution in [2.75, 3.05) is 17.1 Å². The van der Waals surface area contributed by atoms with Crippen molar-refractivity contribution < 1.29 is 18.0 Å². The zero-order valence-electron chi connectivity index (χ0n) is 23.3. The van der Waals surface area contributed by atoms with E-state index in [4.69, 9.17) is 0 Å². The van der Waals surface area contributed by atoms with E-state index in [1.54, 1.807) is 17.0 Å². The van der Waals surface area contributed by atoms with E-state index in [1.165, 1.54) is 17.0 Å². The molecular formula is C30H43N3O4S. The molecule has 1 N–H and O–H groups in total. The van der Waals surface area contributed by atoms with Gasteiger partial charge in [0, 0.05) is 25.6 Å². The first-order valence-electron chi connectivity index (χ1n) is 13.8. The molecule has 208 valence electrons. The lowest BCUT2D eigenvalue weighted by Crippen LogP contribution is -2.51. The standard InChI is InChI=1S/C30H43N3O4S/c1-5-28(30(35)31-26-10-7-6-8-11-26)32(22-25-17-13-23(2)14-18-25)29(34)12-9-21-33(38(4,36)37)27-19-15-24(3)16-20-27/h13-20,26,28H,5-12,21-22H2,1-4H3,(H,31,35)/t28-/m1/s1. The highest BCUT2D eigenvalue weighted by Crippen LogP contribution is 2.21. The number of aryl methyl sites for hydroxylation is 2. The molecular weight excluding hydrogens is 498 g/mol.